The molecule has 8 heteroatoms. The van der Waals surface area contributed by atoms with E-state index in [9.17, 15) is 13.5 Å². The molecule has 0 aliphatic heterocycles. The van der Waals surface area contributed by atoms with Gasteiger partial charge in [0.2, 0.25) is 5.09 Å². The van der Waals surface area contributed by atoms with Crippen LogP contribution in [0, 0.1) is 0 Å². The summed E-state index contributed by atoms with van der Waals surface area (Å²) in [5.74, 6) is 0.487. The predicted molar refractivity (Wildman–Crippen MR) is 73.8 cm³/mol. The molecule has 20 heavy (non-hydrogen) atoms. The van der Waals surface area contributed by atoms with E-state index in [2.05, 4.69) is 10.0 Å². The van der Waals surface area contributed by atoms with Crippen molar-refractivity contribution in [2.24, 2.45) is 0 Å². The van der Waals surface area contributed by atoms with E-state index in [-0.39, 0.29) is 5.09 Å². The summed E-state index contributed by atoms with van der Waals surface area (Å²) < 4.78 is 35.3. The molecule has 0 saturated heterocycles. The van der Waals surface area contributed by atoms with Gasteiger partial charge in [-0.1, -0.05) is 0 Å². The highest BCUT2D eigenvalue weighted by Crippen LogP contribution is 2.14. The Bertz CT molecular complexity index is 510. The Morgan fingerprint density at radius 1 is 1.45 bits per heavy atom. The SMILES string of the molecule is CNS(=O)(=O)c1ccc(CNCC(C)(O)CCOC)o1. The predicted octanol–water partition coefficient (Wildman–Crippen LogP) is 0.0648. The van der Waals surface area contributed by atoms with Gasteiger partial charge in [-0.25, -0.2) is 13.1 Å². The van der Waals surface area contributed by atoms with E-state index < -0.39 is 15.6 Å². The van der Waals surface area contributed by atoms with Gasteiger partial charge in [-0.15, -0.1) is 0 Å². The zero-order valence-corrected chi connectivity index (χ0v) is 12.8. The van der Waals surface area contributed by atoms with E-state index in [1.165, 1.54) is 13.1 Å². The maximum Gasteiger partial charge on any atom is 0.273 e. The molecule has 0 radical (unpaired) electrons. The largest absolute Gasteiger partial charge is 0.447 e. The first-order chi connectivity index (χ1) is 9.30. The molecule has 1 rings (SSSR count). The van der Waals surface area contributed by atoms with Crippen LogP contribution in [0.1, 0.15) is 19.1 Å². The zero-order valence-electron chi connectivity index (χ0n) is 12.0. The quantitative estimate of drug-likeness (QED) is 0.597. The molecule has 1 unspecified atom stereocenters. The Morgan fingerprint density at radius 3 is 2.75 bits per heavy atom. The van der Waals surface area contributed by atoms with Crippen LogP contribution in [0.4, 0.5) is 0 Å². The van der Waals surface area contributed by atoms with Gasteiger partial charge in [0, 0.05) is 26.7 Å². The van der Waals surface area contributed by atoms with Crippen molar-refractivity contribution in [1.29, 1.82) is 0 Å². The van der Waals surface area contributed by atoms with E-state index in [4.69, 9.17) is 9.15 Å². The smallest absolute Gasteiger partial charge is 0.273 e. The molecule has 0 aliphatic rings. The van der Waals surface area contributed by atoms with Crippen LogP contribution in [-0.4, -0.2) is 46.4 Å². The number of ether oxygens (including phenoxy) is 1. The van der Waals surface area contributed by atoms with Gasteiger partial charge >= 0.3 is 0 Å². The van der Waals surface area contributed by atoms with Crippen molar-refractivity contribution in [3.63, 3.8) is 0 Å². The summed E-state index contributed by atoms with van der Waals surface area (Å²) in [6.07, 6.45) is 0.508. The Kier molecular flexibility index (Phi) is 6.15. The lowest BCUT2D eigenvalue weighted by molar-refractivity contribution is 0.0244. The Labute approximate surface area is 119 Å². The summed E-state index contributed by atoms with van der Waals surface area (Å²) >= 11 is 0. The number of methoxy groups -OCH3 is 1. The standard InChI is InChI=1S/C12H22N2O5S/c1-12(15,6-7-18-3)9-14-8-10-4-5-11(19-10)20(16,17)13-2/h4-5,13-15H,6-9H2,1-3H3. The van der Waals surface area contributed by atoms with Crippen LogP contribution in [0.25, 0.3) is 0 Å². The van der Waals surface area contributed by atoms with Crippen molar-refractivity contribution in [2.75, 3.05) is 27.3 Å². The topological polar surface area (TPSA) is 101 Å². The zero-order chi connectivity index (χ0) is 15.2. The third-order valence-corrected chi connectivity index (χ3v) is 4.11. The van der Waals surface area contributed by atoms with Gasteiger partial charge in [0.1, 0.15) is 5.76 Å². The van der Waals surface area contributed by atoms with Gasteiger partial charge in [0.05, 0.1) is 12.1 Å². The summed E-state index contributed by atoms with van der Waals surface area (Å²) in [5, 5.41) is 12.9. The van der Waals surface area contributed by atoms with Crippen molar-refractivity contribution < 1.29 is 22.7 Å². The Hall–Kier alpha value is -0.930. The normalized spacial score (nSPS) is 15.2. The number of sulfonamides is 1. The summed E-state index contributed by atoms with van der Waals surface area (Å²) in [5.41, 5.74) is -0.886. The third-order valence-electron chi connectivity index (χ3n) is 2.82. The summed E-state index contributed by atoms with van der Waals surface area (Å²) in [4.78, 5) is 0. The Balaban J connectivity index is 2.47. The van der Waals surface area contributed by atoms with E-state index in [1.54, 1.807) is 20.1 Å². The van der Waals surface area contributed by atoms with Crippen LogP contribution in [0.15, 0.2) is 21.6 Å². The van der Waals surface area contributed by atoms with Crippen molar-refractivity contribution in [3.8, 4) is 0 Å². The first kappa shape index (κ1) is 17.1. The second kappa shape index (κ2) is 7.19. The highest BCUT2D eigenvalue weighted by Gasteiger charge is 2.20. The van der Waals surface area contributed by atoms with Gasteiger partial charge < -0.3 is 19.6 Å². The molecule has 1 atom stereocenters. The van der Waals surface area contributed by atoms with Gasteiger partial charge in [0.15, 0.2) is 0 Å². The molecule has 0 bridgehead atoms. The second-order valence-electron chi connectivity index (χ2n) is 4.77. The molecule has 7 nitrogen and oxygen atoms in total. The molecule has 1 heterocycles. The fourth-order valence-corrected chi connectivity index (χ4v) is 2.23. The molecule has 0 aromatic carbocycles. The van der Waals surface area contributed by atoms with E-state index >= 15 is 0 Å². The monoisotopic (exact) mass is 306 g/mol. The number of furan rings is 1. The molecule has 3 N–H and O–H groups in total. The van der Waals surface area contributed by atoms with Crippen LogP contribution in [-0.2, 0) is 21.3 Å². The molecule has 116 valence electrons. The summed E-state index contributed by atoms with van der Waals surface area (Å²) in [6, 6.07) is 2.98. The highest BCUT2D eigenvalue weighted by molar-refractivity contribution is 7.89. The number of aliphatic hydroxyl groups is 1. The fraction of sp³-hybridized carbons (Fsp3) is 0.667. The minimum atomic E-state index is -3.55. The number of rotatable bonds is 9. The average molecular weight is 306 g/mol. The van der Waals surface area contributed by atoms with E-state index in [1.807, 2.05) is 0 Å². The molecular formula is C12H22N2O5S. The third kappa shape index (κ3) is 5.22. The van der Waals surface area contributed by atoms with Gasteiger partial charge in [-0.3, -0.25) is 0 Å². The average Bonchev–Trinajstić information content (AvgIpc) is 2.86. The van der Waals surface area contributed by atoms with Crippen LogP contribution >= 0.6 is 0 Å². The van der Waals surface area contributed by atoms with Crippen molar-refractivity contribution in [1.82, 2.24) is 10.0 Å². The number of hydrogen-bond donors (Lipinski definition) is 3. The van der Waals surface area contributed by atoms with Gasteiger partial charge in [-0.2, -0.15) is 0 Å². The molecule has 0 saturated carbocycles. The van der Waals surface area contributed by atoms with Crippen molar-refractivity contribution in [3.05, 3.63) is 17.9 Å². The lowest BCUT2D eigenvalue weighted by atomic mass is 10.0. The fourth-order valence-electron chi connectivity index (χ4n) is 1.56. The molecule has 1 aromatic rings. The second-order valence-corrected chi connectivity index (χ2v) is 6.59. The molecular weight excluding hydrogens is 284 g/mol. The first-order valence-electron chi connectivity index (χ1n) is 6.25. The minimum absolute atomic E-state index is 0.122. The lowest BCUT2D eigenvalue weighted by Gasteiger charge is -2.23. The molecule has 0 amide bonds. The van der Waals surface area contributed by atoms with Crippen LogP contribution in [0.3, 0.4) is 0 Å². The highest BCUT2D eigenvalue weighted by atomic mass is 32.2. The van der Waals surface area contributed by atoms with Crippen molar-refractivity contribution in [2.45, 2.75) is 30.6 Å². The lowest BCUT2D eigenvalue weighted by Crippen LogP contribution is -2.38. The summed E-state index contributed by atoms with van der Waals surface area (Å²) in [7, 11) is -0.652. The maximum atomic E-state index is 11.5. The maximum absolute atomic E-state index is 11.5. The summed E-state index contributed by atoms with van der Waals surface area (Å²) in [6.45, 7) is 2.87. The van der Waals surface area contributed by atoms with Gasteiger partial charge in [-0.05, 0) is 26.1 Å². The van der Waals surface area contributed by atoms with E-state index in [0.29, 0.717) is 31.9 Å². The number of hydrogen-bond acceptors (Lipinski definition) is 6. The first-order valence-corrected chi connectivity index (χ1v) is 7.73. The minimum Gasteiger partial charge on any atom is -0.447 e. The van der Waals surface area contributed by atoms with E-state index in [0.717, 1.165) is 0 Å². The number of nitrogens with one attached hydrogen (secondary N) is 2. The van der Waals surface area contributed by atoms with Gasteiger partial charge in [0.25, 0.3) is 10.0 Å². The van der Waals surface area contributed by atoms with Crippen LogP contribution < -0.4 is 10.0 Å². The Morgan fingerprint density at radius 2 is 2.15 bits per heavy atom. The molecule has 0 spiro atoms. The van der Waals surface area contributed by atoms with Crippen molar-refractivity contribution >= 4 is 10.0 Å². The van der Waals surface area contributed by atoms with Crippen LogP contribution in [0.5, 0.6) is 0 Å². The molecule has 0 aliphatic carbocycles. The van der Waals surface area contributed by atoms with Crippen LogP contribution in [0.2, 0.25) is 0 Å². The molecule has 0 fully saturated rings. The molecule has 1 aromatic heterocycles.